The van der Waals surface area contributed by atoms with Crippen LogP contribution in [0.5, 0.6) is 0 Å². The lowest BCUT2D eigenvalue weighted by Gasteiger charge is -2.30. The van der Waals surface area contributed by atoms with Crippen molar-refractivity contribution in [1.82, 2.24) is 10.2 Å². The Morgan fingerprint density at radius 3 is 2.79 bits per heavy atom. The summed E-state index contributed by atoms with van der Waals surface area (Å²) in [7, 11) is 0. The molecule has 1 saturated heterocycles. The van der Waals surface area contributed by atoms with Crippen molar-refractivity contribution in [2.24, 2.45) is 0 Å². The minimum atomic E-state index is -0.201. The first-order valence-electron chi connectivity index (χ1n) is 6.96. The molecule has 0 radical (unpaired) electrons. The Kier molecular flexibility index (Phi) is 5.14. The zero-order valence-electron chi connectivity index (χ0n) is 11.4. The predicted molar refractivity (Wildman–Crippen MR) is 80.5 cm³/mol. The van der Waals surface area contributed by atoms with E-state index in [4.69, 9.17) is 12.2 Å². The first-order valence-corrected chi connectivity index (χ1v) is 7.36. The van der Waals surface area contributed by atoms with E-state index >= 15 is 0 Å². The van der Waals surface area contributed by atoms with Crippen LogP contribution in [0.25, 0.3) is 0 Å². The molecule has 1 aromatic rings. The fourth-order valence-electron chi connectivity index (χ4n) is 2.46. The minimum absolute atomic E-state index is 0.201. The molecule has 1 heterocycles. The average molecular weight is 280 g/mol. The average Bonchev–Trinajstić information content (AvgIpc) is 2.62. The van der Waals surface area contributed by atoms with Crippen LogP contribution in [-0.4, -0.2) is 22.6 Å². The van der Waals surface area contributed by atoms with Crippen LogP contribution < -0.4 is 5.32 Å². The van der Waals surface area contributed by atoms with Crippen molar-refractivity contribution in [3.63, 3.8) is 0 Å². The van der Waals surface area contributed by atoms with Gasteiger partial charge in [-0.3, -0.25) is 0 Å². The molecule has 0 aromatic heterocycles. The predicted octanol–water partition coefficient (Wildman–Crippen LogP) is 3.46. The van der Waals surface area contributed by atoms with Gasteiger partial charge in [0.1, 0.15) is 5.82 Å². The summed E-state index contributed by atoms with van der Waals surface area (Å²) in [4.78, 5) is 2.28. The first kappa shape index (κ1) is 14.3. The van der Waals surface area contributed by atoms with Gasteiger partial charge in [-0.25, -0.2) is 4.39 Å². The summed E-state index contributed by atoms with van der Waals surface area (Å²) in [6.07, 6.45) is 5.00. The minimum Gasteiger partial charge on any atom is -0.358 e. The number of hydrogen-bond donors (Lipinski definition) is 1. The summed E-state index contributed by atoms with van der Waals surface area (Å²) in [5.41, 5.74) is 1.05. The lowest BCUT2D eigenvalue weighted by atomic mass is 10.1. The third-order valence-electron chi connectivity index (χ3n) is 3.67. The Morgan fingerprint density at radius 2 is 2.05 bits per heavy atom. The third kappa shape index (κ3) is 4.16. The number of hydrogen-bond acceptors (Lipinski definition) is 1. The third-order valence-corrected chi connectivity index (χ3v) is 4.05. The highest BCUT2D eigenvalue weighted by Crippen LogP contribution is 2.16. The van der Waals surface area contributed by atoms with Gasteiger partial charge >= 0.3 is 0 Å². The molecule has 1 aromatic carbocycles. The number of nitrogens with zero attached hydrogens (tertiary/aromatic N) is 1. The molecule has 19 heavy (non-hydrogen) atoms. The first-order chi connectivity index (χ1) is 9.16. The van der Waals surface area contributed by atoms with E-state index in [9.17, 15) is 4.39 Å². The molecule has 0 bridgehead atoms. The number of rotatable bonds is 2. The Hall–Kier alpha value is -1.16. The molecule has 2 rings (SSSR count). The van der Waals surface area contributed by atoms with Crippen molar-refractivity contribution in [1.29, 1.82) is 0 Å². The Bertz CT molecular complexity index is 419. The second kappa shape index (κ2) is 6.85. The molecule has 1 unspecified atom stereocenters. The van der Waals surface area contributed by atoms with Crippen LogP contribution in [0.15, 0.2) is 24.3 Å². The second-order valence-electron chi connectivity index (χ2n) is 5.18. The van der Waals surface area contributed by atoms with Gasteiger partial charge in [0, 0.05) is 19.1 Å². The highest BCUT2D eigenvalue weighted by molar-refractivity contribution is 7.80. The van der Waals surface area contributed by atoms with Crippen molar-refractivity contribution in [3.8, 4) is 0 Å². The van der Waals surface area contributed by atoms with Gasteiger partial charge in [-0.05, 0) is 49.7 Å². The van der Waals surface area contributed by atoms with Gasteiger partial charge in [0.25, 0.3) is 0 Å². The molecule has 1 aliphatic rings. The van der Waals surface area contributed by atoms with Gasteiger partial charge in [-0.2, -0.15) is 0 Å². The summed E-state index contributed by atoms with van der Waals surface area (Å²) in [5, 5.41) is 4.10. The van der Waals surface area contributed by atoms with E-state index in [2.05, 4.69) is 17.1 Å². The van der Waals surface area contributed by atoms with Crippen LogP contribution in [0.1, 0.15) is 38.2 Å². The molecular formula is C15H21FN2S. The topological polar surface area (TPSA) is 15.3 Å². The van der Waals surface area contributed by atoms with Crippen LogP contribution in [0.3, 0.4) is 0 Å². The zero-order valence-corrected chi connectivity index (χ0v) is 12.2. The van der Waals surface area contributed by atoms with Crippen molar-refractivity contribution in [2.45, 2.75) is 45.2 Å². The van der Waals surface area contributed by atoms with Crippen LogP contribution in [-0.2, 0) is 6.54 Å². The molecule has 1 atom stereocenters. The maximum absolute atomic E-state index is 12.8. The molecule has 0 aliphatic carbocycles. The summed E-state index contributed by atoms with van der Waals surface area (Å²) in [6, 6.07) is 7.05. The lowest BCUT2D eigenvalue weighted by molar-refractivity contribution is 0.331. The molecule has 104 valence electrons. The number of thiocarbonyl (C=S) groups is 1. The lowest BCUT2D eigenvalue weighted by Crippen LogP contribution is -2.44. The largest absolute Gasteiger partial charge is 0.358 e. The molecule has 2 nitrogen and oxygen atoms in total. The van der Waals surface area contributed by atoms with Gasteiger partial charge in [-0.1, -0.05) is 25.0 Å². The van der Waals surface area contributed by atoms with Gasteiger partial charge in [0.2, 0.25) is 0 Å². The zero-order chi connectivity index (χ0) is 13.7. The van der Waals surface area contributed by atoms with Crippen molar-refractivity contribution in [3.05, 3.63) is 35.6 Å². The number of likely N-dealkylation sites (tertiary alicyclic amines) is 1. The van der Waals surface area contributed by atoms with E-state index < -0.39 is 0 Å². The SMILES string of the molecule is CC1CCCCCN1C(=S)NCc1ccc(F)cc1. The number of halogens is 1. The Morgan fingerprint density at radius 1 is 1.32 bits per heavy atom. The van der Waals surface area contributed by atoms with E-state index in [0.717, 1.165) is 17.2 Å². The second-order valence-corrected chi connectivity index (χ2v) is 5.56. The van der Waals surface area contributed by atoms with E-state index in [1.165, 1.54) is 37.8 Å². The van der Waals surface area contributed by atoms with E-state index in [0.29, 0.717) is 12.6 Å². The van der Waals surface area contributed by atoms with E-state index in [-0.39, 0.29) is 5.82 Å². The Balaban J connectivity index is 1.87. The molecular weight excluding hydrogens is 259 g/mol. The smallest absolute Gasteiger partial charge is 0.169 e. The summed E-state index contributed by atoms with van der Waals surface area (Å²) >= 11 is 5.48. The van der Waals surface area contributed by atoms with Gasteiger partial charge < -0.3 is 10.2 Å². The normalized spacial score (nSPS) is 19.9. The maximum Gasteiger partial charge on any atom is 0.169 e. The summed E-state index contributed by atoms with van der Waals surface area (Å²) in [5.74, 6) is -0.201. The van der Waals surface area contributed by atoms with Crippen molar-refractivity contribution < 1.29 is 4.39 Å². The van der Waals surface area contributed by atoms with Gasteiger partial charge in [0.15, 0.2) is 5.11 Å². The highest BCUT2D eigenvalue weighted by Gasteiger charge is 2.18. The highest BCUT2D eigenvalue weighted by atomic mass is 32.1. The monoisotopic (exact) mass is 280 g/mol. The van der Waals surface area contributed by atoms with Crippen LogP contribution in [0.4, 0.5) is 4.39 Å². The van der Waals surface area contributed by atoms with Crippen molar-refractivity contribution >= 4 is 17.3 Å². The van der Waals surface area contributed by atoms with E-state index in [1.54, 1.807) is 12.1 Å². The fraction of sp³-hybridized carbons (Fsp3) is 0.533. The molecule has 4 heteroatoms. The van der Waals surface area contributed by atoms with Gasteiger partial charge in [-0.15, -0.1) is 0 Å². The molecule has 0 spiro atoms. The van der Waals surface area contributed by atoms with E-state index in [1.807, 2.05) is 0 Å². The quantitative estimate of drug-likeness (QED) is 0.835. The van der Waals surface area contributed by atoms with Gasteiger partial charge in [0.05, 0.1) is 0 Å². The summed E-state index contributed by atoms with van der Waals surface area (Å²) in [6.45, 7) is 3.93. The number of benzene rings is 1. The maximum atomic E-state index is 12.8. The molecule has 1 fully saturated rings. The fourth-order valence-corrected chi connectivity index (χ4v) is 2.80. The van der Waals surface area contributed by atoms with Crippen LogP contribution in [0.2, 0.25) is 0 Å². The summed E-state index contributed by atoms with van der Waals surface area (Å²) < 4.78 is 12.8. The van der Waals surface area contributed by atoms with Crippen LogP contribution >= 0.6 is 12.2 Å². The standard InChI is InChI=1S/C15H21FN2S/c1-12-5-3-2-4-10-18(12)15(19)17-11-13-6-8-14(16)9-7-13/h6-9,12H,2-5,10-11H2,1H3,(H,17,19). The molecule has 1 aliphatic heterocycles. The molecule has 0 amide bonds. The van der Waals surface area contributed by atoms with Crippen LogP contribution in [0, 0.1) is 5.82 Å². The number of nitrogens with one attached hydrogen (secondary N) is 1. The van der Waals surface area contributed by atoms with Crippen molar-refractivity contribution in [2.75, 3.05) is 6.54 Å². The Labute approximate surface area is 120 Å². The molecule has 0 saturated carbocycles. The molecule has 1 N–H and O–H groups in total.